The number of ether oxygens (including phenoxy) is 4. The molecule has 1 saturated heterocycles. The number of anilines is 1. The number of hydrogen-bond donors (Lipinski definition) is 10. The van der Waals surface area contributed by atoms with Crippen LogP contribution in [0.2, 0.25) is 0 Å². The highest BCUT2D eigenvalue weighted by Crippen LogP contribution is 2.68. The molecule has 0 amide bonds. The summed E-state index contributed by atoms with van der Waals surface area (Å²) in [5, 5.41) is 79.4. The van der Waals surface area contributed by atoms with E-state index in [1.165, 1.54) is 26.7 Å². The largest absolute Gasteiger partial charge is 0.496 e. The van der Waals surface area contributed by atoms with Gasteiger partial charge in [0, 0.05) is 90.9 Å². The molecule has 1 saturated carbocycles. The quantitative estimate of drug-likeness (QED) is 0.0596. The summed E-state index contributed by atoms with van der Waals surface area (Å²) in [5.41, 5.74) is 1.05. The van der Waals surface area contributed by atoms with Crippen LogP contribution in [0.25, 0.3) is 10.9 Å². The van der Waals surface area contributed by atoms with Crippen molar-refractivity contribution in [1.29, 1.82) is 0 Å². The number of aliphatic carboxylic acids is 4. The van der Waals surface area contributed by atoms with Gasteiger partial charge in [-0.05, 0) is 61.4 Å². The fraction of sp³-hybridized carbons (Fsp3) is 0.528. The van der Waals surface area contributed by atoms with Crippen molar-refractivity contribution in [2.75, 3.05) is 59.5 Å². The van der Waals surface area contributed by atoms with Crippen LogP contribution in [0.1, 0.15) is 68.8 Å². The summed E-state index contributed by atoms with van der Waals surface area (Å²) in [6, 6.07) is 11.2. The molecular formula is C53H68N4O21. The second-order valence-electron chi connectivity index (χ2n) is 20.3. The zero-order chi connectivity index (χ0) is 56.9. The van der Waals surface area contributed by atoms with Crippen LogP contribution in [-0.4, -0.2) is 211 Å². The van der Waals surface area contributed by atoms with Gasteiger partial charge in [-0.3, -0.25) is 19.4 Å². The number of aromatic nitrogens is 1. The maximum Gasteiger partial charge on any atom is 0.344 e. The molecule has 2 aromatic carbocycles. The van der Waals surface area contributed by atoms with Crippen LogP contribution in [0.15, 0.2) is 60.2 Å². The summed E-state index contributed by atoms with van der Waals surface area (Å²) in [6.07, 6.45) is -1.39. The summed E-state index contributed by atoms with van der Waals surface area (Å²) in [7, 11) is 6.22. The number of esters is 3. The van der Waals surface area contributed by atoms with Crippen molar-refractivity contribution in [3.63, 3.8) is 0 Å². The number of benzene rings is 2. The highest BCUT2D eigenvalue weighted by molar-refractivity contribution is 5.95. The van der Waals surface area contributed by atoms with E-state index < -0.39 is 94.2 Å². The third-order valence-corrected chi connectivity index (χ3v) is 16.4. The number of carboxylic acids is 4. The number of carbonyl (C=O) groups excluding carboxylic acids is 3. The Morgan fingerprint density at radius 3 is 1.92 bits per heavy atom. The molecule has 426 valence electrons. The maximum absolute atomic E-state index is 15.2. The molecule has 1 spiro atoms. The molecule has 78 heavy (non-hydrogen) atoms. The van der Waals surface area contributed by atoms with Crippen molar-refractivity contribution in [3.8, 4) is 5.75 Å². The number of nitrogens with one attached hydrogen (secondary N) is 1. The standard InChI is InChI=1S/C45H54N4O8.2C4H6O6.H2O/c1-8-27-19-28-22-44(40(51)55-6,36-30(25-48(23-27)24-28)29-13-10-11-14-33(29)46-36)32-20-31-34(21-35(32)54-5)47(4)38-43(31)16-18-49-17-12-15-42(9-2,37(43)49)39(57-26(3)50)45(38,53)41(52)56-7;2*5-1(3(7)8)2(6)4(9)10;/h10-15,19-21,28,37-39,46,53H,8-9,16-18,22-25H2,1-7H3;2*1-2,5-6H,(H,7,8)(H,9,10);1H2/t28-,37-,38+,39+,42+,43+,44-,45-;2*1-,2-;/m011./s1. The Morgan fingerprint density at radius 1 is 0.808 bits per heavy atom. The van der Waals surface area contributed by atoms with E-state index in [0.717, 1.165) is 52.9 Å². The van der Waals surface area contributed by atoms with E-state index in [4.69, 9.17) is 59.8 Å². The SMILES string of the molecule is CCC1=C[C@@H]2CN(C1)Cc1c([nH]c3ccccc13)[C@@](C(=O)OC)(c1cc3c(cc1OC)N(C)[C@H]1[C@@](O)(C(=O)OC)[C@H](OC(C)=O)[C@]4(CC)C=CCN5CC[C@]31[C@@H]54)C2.O.O=C(O)[C@H](O)[C@@H](O)C(=O)O.O=C(O)[C@H](O)[C@@H](O)C(=O)O. The van der Waals surface area contributed by atoms with E-state index in [0.29, 0.717) is 50.2 Å². The van der Waals surface area contributed by atoms with Crippen LogP contribution < -0.4 is 9.64 Å². The Balaban J connectivity index is 0.000000398. The van der Waals surface area contributed by atoms with Crippen molar-refractivity contribution in [2.24, 2.45) is 11.3 Å². The van der Waals surface area contributed by atoms with Crippen LogP contribution in [0.3, 0.4) is 0 Å². The number of carbonyl (C=O) groups is 7. The second-order valence-corrected chi connectivity index (χ2v) is 20.3. The Hall–Kier alpha value is -6.97. The van der Waals surface area contributed by atoms with E-state index in [9.17, 15) is 33.9 Å². The van der Waals surface area contributed by atoms with Gasteiger partial charge in [-0.2, -0.15) is 0 Å². The Kier molecular flexibility index (Phi) is 17.6. The van der Waals surface area contributed by atoms with Crippen molar-refractivity contribution in [2.45, 2.75) is 112 Å². The molecule has 1 aliphatic carbocycles. The third kappa shape index (κ3) is 9.54. The van der Waals surface area contributed by atoms with Crippen molar-refractivity contribution < 1.29 is 104 Å². The summed E-state index contributed by atoms with van der Waals surface area (Å²) in [4.78, 5) is 92.2. The number of aliphatic hydroxyl groups excluding tert-OH is 4. The number of likely N-dealkylation sites (N-methyl/N-ethyl adjacent to an activating group) is 1. The number of H-pyrrole nitrogens is 1. The molecule has 0 radical (unpaired) electrons. The minimum absolute atomic E-state index is 0. The Morgan fingerprint density at radius 2 is 1.40 bits per heavy atom. The van der Waals surface area contributed by atoms with Gasteiger partial charge >= 0.3 is 41.8 Å². The summed E-state index contributed by atoms with van der Waals surface area (Å²) >= 11 is 0. The van der Waals surface area contributed by atoms with Gasteiger partial charge in [0.2, 0.25) is 5.60 Å². The van der Waals surface area contributed by atoms with E-state index in [2.05, 4.69) is 58.1 Å². The van der Waals surface area contributed by atoms with Gasteiger partial charge in [0.15, 0.2) is 30.5 Å². The molecule has 25 heteroatoms. The van der Waals surface area contributed by atoms with Crippen molar-refractivity contribution in [3.05, 3.63) is 82.6 Å². The van der Waals surface area contributed by atoms with E-state index in [1.54, 1.807) is 7.11 Å². The first-order valence-corrected chi connectivity index (χ1v) is 24.9. The van der Waals surface area contributed by atoms with Gasteiger partial charge in [0.05, 0.1) is 27.4 Å². The lowest BCUT2D eigenvalue weighted by atomic mass is 9.47. The number of aliphatic hydroxyl groups is 5. The minimum Gasteiger partial charge on any atom is -0.496 e. The molecule has 6 aliphatic rings. The summed E-state index contributed by atoms with van der Waals surface area (Å²) < 4.78 is 23.9. The average molecular weight is 1100 g/mol. The molecule has 6 heterocycles. The normalized spacial score (nSPS) is 29.6. The monoisotopic (exact) mass is 1100 g/mol. The van der Waals surface area contributed by atoms with E-state index in [-0.39, 0.29) is 23.4 Å². The number of para-hydroxylation sites is 1. The molecule has 13 atom stereocenters. The number of aromatic amines is 1. The summed E-state index contributed by atoms with van der Waals surface area (Å²) in [6.45, 7) is 9.19. The number of rotatable bonds is 13. The molecule has 1 aromatic heterocycles. The lowest BCUT2D eigenvalue weighted by molar-refractivity contribution is -0.228. The van der Waals surface area contributed by atoms with Gasteiger partial charge < -0.3 is 80.3 Å². The number of hydrogen-bond acceptors (Lipinski definition) is 19. The topological polar surface area (TPSA) is 395 Å². The number of fused-ring (bicyclic) bond motifs is 6. The van der Waals surface area contributed by atoms with E-state index in [1.807, 2.05) is 37.1 Å². The second kappa shape index (κ2) is 22.8. The predicted molar refractivity (Wildman–Crippen MR) is 272 cm³/mol. The zero-order valence-electron chi connectivity index (χ0n) is 44.0. The molecule has 25 nitrogen and oxygen atoms in total. The first-order valence-electron chi connectivity index (χ1n) is 24.9. The van der Waals surface area contributed by atoms with Crippen LogP contribution in [0.5, 0.6) is 5.75 Å². The Bertz CT molecular complexity index is 2830. The third-order valence-electron chi connectivity index (χ3n) is 16.4. The predicted octanol–water partition coefficient (Wildman–Crippen LogP) is -0.316. The molecule has 1 unspecified atom stereocenters. The number of carboxylic acid groups (broad SMARTS) is 4. The molecule has 9 rings (SSSR count). The Labute approximate surface area is 447 Å². The number of nitrogens with zero attached hydrogens (tertiary/aromatic N) is 3. The van der Waals surface area contributed by atoms with Crippen LogP contribution in [-0.2, 0) is 65.1 Å². The minimum atomic E-state index is -2.27. The van der Waals surface area contributed by atoms with Crippen LogP contribution in [0.4, 0.5) is 5.69 Å². The lowest BCUT2D eigenvalue weighted by Gasteiger charge is -2.63. The first-order chi connectivity index (χ1) is 36.3. The fourth-order valence-electron chi connectivity index (χ4n) is 13.4. The van der Waals surface area contributed by atoms with Crippen LogP contribution in [0, 0.1) is 11.3 Å². The highest BCUT2D eigenvalue weighted by Gasteiger charge is 2.80. The average Bonchev–Trinajstić information content (AvgIpc) is 4.11. The molecule has 12 N–H and O–H groups in total. The smallest absolute Gasteiger partial charge is 0.344 e. The highest BCUT2D eigenvalue weighted by atomic mass is 16.6. The molecule has 3 aromatic rings. The molecular weight excluding hydrogens is 1030 g/mol. The van der Waals surface area contributed by atoms with Gasteiger partial charge in [-0.25, -0.2) is 24.0 Å². The molecule has 2 fully saturated rings. The number of methoxy groups -OCH3 is 3. The van der Waals surface area contributed by atoms with Gasteiger partial charge in [0.25, 0.3) is 0 Å². The first kappa shape index (κ1) is 60.3. The molecule has 2 bridgehead atoms. The fourth-order valence-corrected chi connectivity index (χ4v) is 13.4. The zero-order valence-corrected chi connectivity index (χ0v) is 44.0. The van der Waals surface area contributed by atoms with Gasteiger partial charge in [-0.15, -0.1) is 0 Å². The lowest BCUT2D eigenvalue weighted by Crippen LogP contribution is -2.81. The van der Waals surface area contributed by atoms with Crippen molar-refractivity contribution >= 4 is 58.4 Å². The van der Waals surface area contributed by atoms with Crippen molar-refractivity contribution in [1.82, 2.24) is 14.8 Å². The maximum atomic E-state index is 15.2. The summed E-state index contributed by atoms with van der Waals surface area (Å²) in [5.74, 6) is -8.39. The van der Waals surface area contributed by atoms with Crippen LogP contribution >= 0.6 is 0 Å². The molecule has 5 aliphatic heterocycles. The van der Waals surface area contributed by atoms with E-state index >= 15 is 4.79 Å². The van der Waals surface area contributed by atoms with Gasteiger partial charge in [-0.1, -0.05) is 55.8 Å². The van der Waals surface area contributed by atoms with Gasteiger partial charge in [0.1, 0.15) is 11.2 Å².